The summed E-state index contributed by atoms with van der Waals surface area (Å²) in [6.45, 7) is 14.4. The molecule has 0 rings (SSSR count). The second kappa shape index (κ2) is 76.7. The van der Waals surface area contributed by atoms with Gasteiger partial charge in [-0.3, -0.25) is 37.3 Å². The topological polar surface area (TPSA) is 237 Å². The first-order chi connectivity index (χ1) is 51.6. The molecule has 0 saturated heterocycles. The van der Waals surface area contributed by atoms with Crippen LogP contribution in [-0.2, 0) is 65.4 Å². The van der Waals surface area contributed by atoms with Crippen LogP contribution in [0.5, 0.6) is 0 Å². The number of phosphoric ester groups is 2. The highest BCUT2D eigenvalue weighted by atomic mass is 31.2. The molecule has 0 amide bonds. The van der Waals surface area contributed by atoms with Crippen LogP contribution in [0.2, 0.25) is 0 Å². The van der Waals surface area contributed by atoms with E-state index in [1.807, 2.05) is 0 Å². The van der Waals surface area contributed by atoms with Gasteiger partial charge < -0.3 is 33.8 Å². The number of ether oxygens (including phenoxy) is 4. The maximum atomic E-state index is 13.2. The highest BCUT2D eigenvalue weighted by molar-refractivity contribution is 7.47. The summed E-state index contributed by atoms with van der Waals surface area (Å²) in [4.78, 5) is 73.3. The number of phosphoric acid groups is 2. The molecule has 0 aromatic rings. The van der Waals surface area contributed by atoms with E-state index in [0.717, 1.165) is 114 Å². The molecule has 0 aromatic carbocycles. The normalized spacial score (nSPS) is 14.1. The van der Waals surface area contributed by atoms with Gasteiger partial charge in [0.15, 0.2) is 12.2 Å². The van der Waals surface area contributed by atoms with Crippen LogP contribution in [0.15, 0.2) is 0 Å². The summed E-state index contributed by atoms with van der Waals surface area (Å²) >= 11 is 0. The van der Waals surface area contributed by atoms with Crippen molar-refractivity contribution < 1.29 is 80.2 Å². The van der Waals surface area contributed by atoms with Crippen LogP contribution in [0.25, 0.3) is 0 Å². The van der Waals surface area contributed by atoms with Crippen LogP contribution < -0.4 is 0 Å². The van der Waals surface area contributed by atoms with E-state index in [1.165, 1.54) is 263 Å². The fourth-order valence-electron chi connectivity index (χ4n) is 13.6. The summed E-state index contributed by atoms with van der Waals surface area (Å²) in [6, 6.07) is 0. The van der Waals surface area contributed by atoms with E-state index in [4.69, 9.17) is 37.0 Å². The Morgan fingerprint density at radius 2 is 0.449 bits per heavy atom. The summed E-state index contributed by atoms with van der Waals surface area (Å²) < 4.78 is 69.0. The molecule has 0 aliphatic heterocycles. The van der Waals surface area contributed by atoms with Gasteiger partial charge in [-0.2, -0.15) is 0 Å². The van der Waals surface area contributed by atoms with Crippen LogP contribution in [0.4, 0.5) is 0 Å². The molecule has 0 saturated carbocycles. The van der Waals surface area contributed by atoms with E-state index >= 15 is 0 Å². The molecule has 0 spiro atoms. The molecule has 0 bridgehead atoms. The molecule has 636 valence electrons. The number of aliphatic hydroxyl groups excluding tert-OH is 1. The monoisotopic (exact) mass is 1560 g/mol. The Kier molecular flexibility index (Phi) is 75.3. The van der Waals surface area contributed by atoms with Gasteiger partial charge in [0, 0.05) is 25.7 Å². The van der Waals surface area contributed by atoms with E-state index in [-0.39, 0.29) is 25.7 Å². The van der Waals surface area contributed by atoms with Gasteiger partial charge in [-0.15, -0.1) is 0 Å². The Hall–Kier alpha value is -1.94. The predicted molar refractivity (Wildman–Crippen MR) is 441 cm³/mol. The average molecular weight is 1560 g/mol. The van der Waals surface area contributed by atoms with Crippen LogP contribution in [0.1, 0.15) is 460 Å². The lowest BCUT2D eigenvalue weighted by Gasteiger charge is -2.21. The zero-order valence-electron chi connectivity index (χ0n) is 70.8. The molecule has 19 heteroatoms. The van der Waals surface area contributed by atoms with Crippen molar-refractivity contribution in [3.05, 3.63) is 0 Å². The highest BCUT2D eigenvalue weighted by Gasteiger charge is 2.31. The molecule has 17 nitrogen and oxygen atoms in total. The SMILES string of the molecule is CCC(C)CCCCCCCCCCC(=O)OC[C@H](COP(=O)(O)OC[C@H](O)COP(=O)(O)OC[C@@H](COC(=O)CCCCCCCCCCCCCCCCCC(C)C)OC(=O)CCCCCCCCCCCCCCCCCCC(C)C)OC(=O)CCCCCCCCCCCCCCCCCC(C)C. The number of carbonyl (C=O) groups is 4. The number of hydrogen-bond donors (Lipinski definition) is 3. The summed E-state index contributed by atoms with van der Waals surface area (Å²) in [7, 11) is -9.93. The third-order valence-corrected chi connectivity index (χ3v) is 22.8. The van der Waals surface area contributed by atoms with Gasteiger partial charge in [-0.05, 0) is 49.4 Å². The molecule has 6 atom stereocenters. The first kappa shape index (κ1) is 105. The van der Waals surface area contributed by atoms with Crippen LogP contribution in [0, 0.1) is 23.7 Å². The van der Waals surface area contributed by atoms with E-state index in [9.17, 15) is 43.2 Å². The summed E-state index contributed by atoms with van der Waals surface area (Å²) in [5, 5.41) is 10.7. The van der Waals surface area contributed by atoms with Crippen LogP contribution in [-0.4, -0.2) is 96.7 Å². The Morgan fingerprint density at radius 3 is 0.664 bits per heavy atom. The van der Waals surface area contributed by atoms with Crippen LogP contribution in [0.3, 0.4) is 0 Å². The van der Waals surface area contributed by atoms with Gasteiger partial charge in [0.2, 0.25) is 0 Å². The number of esters is 4. The van der Waals surface area contributed by atoms with Gasteiger partial charge in [0.05, 0.1) is 26.4 Å². The molecule has 0 heterocycles. The van der Waals surface area contributed by atoms with Crippen LogP contribution >= 0.6 is 15.6 Å². The summed E-state index contributed by atoms with van der Waals surface area (Å²) in [5.74, 6) is 1.09. The molecular formula is C88H172O17P2. The van der Waals surface area contributed by atoms with Crippen molar-refractivity contribution in [3.63, 3.8) is 0 Å². The minimum absolute atomic E-state index is 0.107. The lowest BCUT2D eigenvalue weighted by atomic mass is 9.99. The molecule has 107 heavy (non-hydrogen) atoms. The van der Waals surface area contributed by atoms with Crippen molar-refractivity contribution in [2.75, 3.05) is 39.6 Å². The van der Waals surface area contributed by atoms with Crippen molar-refractivity contribution in [1.82, 2.24) is 0 Å². The Morgan fingerprint density at radius 1 is 0.262 bits per heavy atom. The van der Waals surface area contributed by atoms with E-state index in [0.29, 0.717) is 25.7 Å². The van der Waals surface area contributed by atoms with Gasteiger partial charge in [0.1, 0.15) is 19.3 Å². The number of rotatable bonds is 85. The number of aliphatic hydroxyl groups is 1. The van der Waals surface area contributed by atoms with Gasteiger partial charge in [0.25, 0.3) is 0 Å². The number of carbonyl (C=O) groups excluding carboxylic acids is 4. The quantitative estimate of drug-likeness (QED) is 0.0222. The summed E-state index contributed by atoms with van der Waals surface area (Å²) in [6.07, 6.45) is 66.5. The zero-order chi connectivity index (χ0) is 78.8. The third kappa shape index (κ3) is 80.5. The van der Waals surface area contributed by atoms with Crippen molar-refractivity contribution in [2.24, 2.45) is 23.7 Å². The minimum atomic E-state index is -4.97. The molecular weight excluding hydrogens is 1390 g/mol. The zero-order valence-corrected chi connectivity index (χ0v) is 72.6. The molecule has 0 fully saturated rings. The van der Waals surface area contributed by atoms with Gasteiger partial charge in [-0.25, -0.2) is 9.13 Å². The lowest BCUT2D eigenvalue weighted by molar-refractivity contribution is -0.161. The van der Waals surface area contributed by atoms with E-state index < -0.39 is 97.5 Å². The third-order valence-electron chi connectivity index (χ3n) is 20.9. The predicted octanol–water partition coefficient (Wildman–Crippen LogP) is 26.7. The molecule has 0 aliphatic rings. The molecule has 0 aromatic heterocycles. The number of unbranched alkanes of at least 4 members (excludes halogenated alkanes) is 50. The number of hydrogen-bond acceptors (Lipinski definition) is 15. The van der Waals surface area contributed by atoms with Gasteiger partial charge in [-0.1, -0.05) is 409 Å². The molecule has 3 N–H and O–H groups in total. The highest BCUT2D eigenvalue weighted by Crippen LogP contribution is 2.45. The second-order valence-corrected chi connectivity index (χ2v) is 36.2. The smallest absolute Gasteiger partial charge is 0.462 e. The van der Waals surface area contributed by atoms with E-state index in [1.54, 1.807) is 0 Å². The lowest BCUT2D eigenvalue weighted by Crippen LogP contribution is -2.30. The summed E-state index contributed by atoms with van der Waals surface area (Å²) in [5.41, 5.74) is 0. The van der Waals surface area contributed by atoms with Crippen molar-refractivity contribution >= 4 is 39.5 Å². The minimum Gasteiger partial charge on any atom is -0.462 e. The molecule has 0 radical (unpaired) electrons. The van der Waals surface area contributed by atoms with Gasteiger partial charge >= 0.3 is 39.5 Å². The van der Waals surface area contributed by atoms with Crippen molar-refractivity contribution in [3.8, 4) is 0 Å². The fraction of sp³-hybridized carbons (Fsp3) is 0.955. The Labute approximate surface area is 658 Å². The first-order valence-electron chi connectivity index (χ1n) is 45.2. The largest absolute Gasteiger partial charge is 0.472 e. The molecule has 3 unspecified atom stereocenters. The Bertz CT molecular complexity index is 2080. The standard InChI is InChI=1S/C88H172O17P2/c1-9-81(8)67-59-51-43-38-39-45-53-61-69-86(91)99-75-84(105-88(93)71-63-55-47-37-31-25-19-13-16-22-28-34-42-50-58-66-80(6)7)77-103-107(96,97)101-73-82(89)72-100-106(94,95)102-76-83(74-98-85(90)68-60-52-44-35-29-23-18-12-15-21-27-33-41-49-57-65-79(4)5)104-87(92)70-62-54-46-36-30-24-17-11-10-14-20-26-32-40-48-56-64-78(2)3/h78-84,89H,9-77H2,1-8H3,(H,94,95)(H,96,97)/t81?,82-,83-,84-/m1/s1. The molecule has 0 aliphatic carbocycles. The second-order valence-electron chi connectivity index (χ2n) is 33.3. The van der Waals surface area contributed by atoms with Crippen molar-refractivity contribution in [2.45, 2.75) is 478 Å². The van der Waals surface area contributed by atoms with E-state index in [2.05, 4.69) is 55.4 Å². The maximum Gasteiger partial charge on any atom is 0.472 e. The fourth-order valence-corrected chi connectivity index (χ4v) is 15.2. The maximum absolute atomic E-state index is 13.2. The average Bonchev–Trinajstić information content (AvgIpc) is 0.903. The first-order valence-corrected chi connectivity index (χ1v) is 48.2. The van der Waals surface area contributed by atoms with Crippen molar-refractivity contribution in [1.29, 1.82) is 0 Å². The Balaban J connectivity index is 5.27.